The molecule has 0 amide bonds. The number of hydrogen-bond donors (Lipinski definition) is 1. The Morgan fingerprint density at radius 2 is 2.00 bits per heavy atom. The van der Waals surface area contributed by atoms with Gasteiger partial charge in [0.1, 0.15) is 11.3 Å². The van der Waals surface area contributed by atoms with Gasteiger partial charge in [-0.1, -0.05) is 35.1 Å². The van der Waals surface area contributed by atoms with Crippen molar-refractivity contribution < 1.29 is 4.39 Å². The van der Waals surface area contributed by atoms with Crippen molar-refractivity contribution in [2.24, 2.45) is 0 Å². The summed E-state index contributed by atoms with van der Waals surface area (Å²) in [5.74, 6) is -0.279. The van der Waals surface area contributed by atoms with Crippen molar-refractivity contribution in [2.45, 2.75) is 0 Å². The second-order valence-corrected chi connectivity index (χ2v) is 5.18. The second-order valence-electron chi connectivity index (χ2n) is 3.74. The molecule has 0 aliphatic carbocycles. The number of aromatic nitrogens is 1. The zero-order valence-electron chi connectivity index (χ0n) is 9.15. The third-order valence-corrected chi connectivity index (χ3v) is 3.69. The van der Waals surface area contributed by atoms with Gasteiger partial charge in [-0.15, -0.1) is 0 Å². The minimum Gasteiger partial charge on any atom is -0.331 e. The summed E-state index contributed by atoms with van der Waals surface area (Å²) in [5.41, 5.74) is 1.44. The first kappa shape index (κ1) is 11.4. The zero-order chi connectivity index (χ0) is 12.5. The minimum absolute atomic E-state index is 0.279. The number of fused-ring (bicyclic) bond motifs is 1. The molecule has 90 valence electrons. The molecule has 0 atom stereocenters. The van der Waals surface area contributed by atoms with Crippen LogP contribution < -0.4 is 5.32 Å². The van der Waals surface area contributed by atoms with Crippen LogP contribution in [0.4, 0.5) is 15.2 Å². The Balaban J connectivity index is 1.98. The average Bonchev–Trinajstić information content (AvgIpc) is 2.73. The lowest BCUT2D eigenvalue weighted by Gasteiger charge is -2.01. The SMILES string of the molecule is Fc1cccc(Nc2nc3c(Cl)cccc3s2)c1. The molecule has 5 heteroatoms. The summed E-state index contributed by atoms with van der Waals surface area (Å²) in [4.78, 5) is 4.39. The summed E-state index contributed by atoms with van der Waals surface area (Å²) in [6.45, 7) is 0. The van der Waals surface area contributed by atoms with E-state index in [-0.39, 0.29) is 5.82 Å². The van der Waals surface area contributed by atoms with Crippen molar-refractivity contribution in [1.29, 1.82) is 0 Å². The number of nitrogens with one attached hydrogen (secondary N) is 1. The van der Waals surface area contributed by atoms with Crippen molar-refractivity contribution in [1.82, 2.24) is 4.98 Å². The van der Waals surface area contributed by atoms with Crippen LogP contribution in [0.2, 0.25) is 5.02 Å². The van der Waals surface area contributed by atoms with Gasteiger partial charge >= 0.3 is 0 Å². The van der Waals surface area contributed by atoms with Crippen LogP contribution in [0.5, 0.6) is 0 Å². The highest BCUT2D eigenvalue weighted by atomic mass is 35.5. The molecule has 0 aliphatic rings. The Kier molecular flexibility index (Phi) is 2.89. The fourth-order valence-corrected chi connectivity index (χ4v) is 2.84. The molecule has 18 heavy (non-hydrogen) atoms. The van der Waals surface area contributed by atoms with E-state index in [4.69, 9.17) is 11.6 Å². The van der Waals surface area contributed by atoms with Crippen LogP contribution in [-0.2, 0) is 0 Å². The minimum atomic E-state index is -0.279. The summed E-state index contributed by atoms with van der Waals surface area (Å²) in [6, 6.07) is 11.9. The third-order valence-electron chi connectivity index (χ3n) is 2.45. The highest BCUT2D eigenvalue weighted by molar-refractivity contribution is 7.22. The van der Waals surface area contributed by atoms with E-state index in [0.29, 0.717) is 15.8 Å². The molecule has 3 aromatic rings. The fourth-order valence-electron chi connectivity index (χ4n) is 1.66. The van der Waals surface area contributed by atoms with Crippen LogP contribution in [0.3, 0.4) is 0 Å². The van der Waals surface area contributed by atoms with E-state index in [0.717, 1.165) is 10.2 Å². The van der Waals surface area contributed by atoms with E-state index in [9.17, 15) is 4.39 Å². The number of anilines is 2. The van der Waals surface area contributed by atoms with Gasteiger partial charge in [0, 0.05) is 5.69 Å². The van der Waals surface area contributed by atoms with E-state index in [1.165, 1.54) is 23.5 Å². The standard InChI is InChI=1S/C13H8ClFN2S/c14-10-5-2-6-11-12(10)17-13(18-11)16-9-4-1-3-8(15)7-9/h1-7H,(H,16,17). The molecule has 3 rings (SSSR count). The molecule has 2 nitrogen and oxygen atoms in total. The van der Waals surface area contributed by atoms with Crippen LogP contribution >= 0.6 is 22.9 Å². The highest BCUT2D eigenvalue weighted by Crippen LogP contribution is 2.32. The van der Waals surface area contributed by atoms with Crippen molar-refractivity contribution in [2.75, 3.05) is 5.32 Å². The normalized spacial score (nSPS) is 10.8. The van der Waals surface area contributed by atoms with Crippen LogP contribution in [0.15, 0.2) is 42.5 Å². The van der Waals surface area contributed by atoms with E-state index < -0.39 is 0 Å². The maximum atomic E-state index is 13.1. The fraction of sp³-hybridized carbons (Fsp3) is 0. The lowest BCUT2D eigenvalue weighted by Crippen LogP contribution is -1.89. The molecule has 1 aromatic heterocycles. The van der Waals surface area contributed by atoms with Crippen LogP contribution in [0.1, 0.15) is 0 Å². The van der Waals surface area contributed by atoms with Crippen LogP contribution in [0.25, 0.3) is 10.2 Å². The molecule has 0 bridgehead atoms. The molecule has 0 aliphatic heterocycles. The van der Waals surface area contributed by atoms with Gasteiger partial charge in [0.15, 0.2) is 5.13 Å². The molecule has 0 unspecified atom stereocenters. The van der Waals surface area contributed by atoms with Gasteiger partial charge in [0.25, 0.3) is 0 Å². The monoisotopic (exact) mass is 278 g/mol. The molecule has 0 fully saturated rings. The first-order valence-corrected chi connectivity index (χ1v) is 6.49. The Labute approximate surface area is 112 Å². The van der Waals surface area contributed by atoms with Gasteiger partial charge in [-0.3, -0.25) is 0 Å². The van der Waals surface area contributed by atoms with Crippen molar-refractivity contribution in [3.63, 3.8) is 0 Å². The summed E-state index contributed by atoms with van der Waals surface area (Å²) >= 11 is 7.54. The van der Waals surface area contributed by atoms with Crippen molar-refractivity contribution in [3.8, 4) is 0 Å². The number of thiazole rings is 1. The number of hydrogen-bond acceptors (Lipinski definition) is 3. The molecule has 0 spiro atoms. The van der Waals surface area contributed by atoms with E-state index in [2.05, 4.69) is 10.3 Å². The zero-order valence-corrected chi connectivity index (χ0v) is 10.7. The topological polar surface area (TPSA) is 24.9 Å². The van der Waals surface area contributed by atoms with E-state index >= 15 is 0 Å². The summed E-state index contributed by atoms with van der Waals surface area (Å²) in [7, 11) is 0. The van der Waals surface area contributed by atoms with Crippen LogP contribution in [-0.4, -0.2) is 4.98 Å². The summed E-state index contributed by atoms with van der Waals surface area (Å²) < 4.78 is 14.1. The smallest absolute Gasteiger partial charge is 0.188 e. The highest BCUT2D eigenvalue weighted by Gasteiger charge is 2.07. The predicted molar refractivity (Wildman–Crippen MR) is 74.3 cm³/mol. The number of rotatable bonds is 2. The number of halogens is 2. The quantitative estimate of drug-likeness (QED) is 0.726. The Morgan fingerprint density at radius 3 is 2.78 bits per heavy atom. The molecule has 0 saturated heterocycles. The molecular formula is C13H8ClFN2S. The van der Waals surface area contributed by atoms with Gasteiger partial charge in [-0.25, -0.2) is 9.37 Å². The van der Waals surface area contributed by atoms with Crippen molar-refractivity contribution in [3.05, 3.63) is 53.3 Å². The average molecular weight is 279 g/mol. The molecular weight excluding hydrogens is 271 g/mol. The molecule has 0 radical (unpaired) electrons. The third kappa shape index (κ3) is 2.17. The molecule has 0 saturated carbocycles. The number of benzene rings is 2. The Morgan fingerprint density at radius 1 is 1.17 bits per heavy atom. The van der Waals surface area contributed by atoms with E-state index in [1.54, 1.807) is 18.2 Å². The largest absolute Gasteiger partial charge is 0.331 e. The first-order chi connectivity index (χ1) is 8.72. The second kappa shape index (κ2) is 4.55. The van der Waals surface area contributed by atoms with E-state index in [1.807, 2.05) is 12.1 Å². The number of nitrogens with zero attached hydrogens (tertiary/aromatic N) is 1. The molecule has 1 heterocycles. The lowest BCUT2D eigenvalue weighted by molar-refractivity contribution is 0.628. The molecule has 1 N–H and O–H groups in total. The predicted octanol–water partition coefficient (Wildman–Crippen LogP) is 4.83. The summed E-state index contributed by atoms with van der Waals surface area (Å²) in [5, 5.41) is 4.39. The van der Waals surface area contributed by atoms with Gasteiger partial charge < -0.3 is 5.32 Å². The van der Waals surface area contributed by atoms with Gasteiger partial charge in [0.2, 0.25) is 0 Å². The number of para-hydroxylation sites is 1. The lowest BCUT2D eigenvalue weighted by atomic mass is 10.3. The first-order valence-electron chi connectivity index (χ1n) is 5.30. The summed E-state index contributed by atoms with van der Waals surface area (Å²) in [6.07, 6.45) is 0. The van der Waals surface area contributed by atoms with Crippen LogP contribution in [0, 0.1) is 5.82 Å². The van der Waals surface area contributed by atoms with Crippen molar-refractivity contribution >= 4 is 44.0 Å². The van der Waals surface area contributed by atoms with Gasteiger partial charge in [-0.05, 0) is 30.3 Å². The Hall–Kier alpha value is -1.65. The Bertz CT molecular complexity index is 711. The molecule has 2 aromatic carbocycles. The maximum Gasteiger partial charge on any atom is 0.188 e. The van der Waals surface area contributed by atoms with Gasteiger partial charge in [-0.2, -0.15) is 0 Å². The van der Waals surface area contributed by atoms with Gasteiger partial charge in [0.05, 0.1) is 9.72 Å². The maximum absolute atomic E-state index is 13.1.